The van der Waals surface area contributed by atoms with Crippen molar-refractivity contribution >= 4 is 71.8 Å². The standard InChI is InChI=1S/C20H12Br3N3O7/c21-12-7-14(22)19(15(23)8-12)31-10-17(27)25-24-9-11-1-3-13(4-2-11)32-20(28)16-5-6-18(33-16)26(29)30/h1-9H,10H2,(H,25,27)/b24-9+. The number of hydrazone groups is 1. The lowest BCUT2D eigenvalue weighted by molar-refractivity contribution is -0.402. The molecular formula is C20H12Br3N3O7. The molecule has 1 heterocycles. The molecule has 10 nitrogen and oxygen atoms in total. The van der Waals surface area contributed by atoms with E-state index in [9.17, 15) is 19.7 Å². The topological polar surface area (TPSA) is 133 Å². The molecule has 170 valence electrons. The van der Waals surface area contributed by atoms with Crippen molar-refractivity contribution in [1.29, 1.82) is 0 Å². The Kier molecular flexibility index (Phi) is 8.36. The van der Waals surface area contributed by atoms with Gasteiger partial charge in [0.1, 0.15) is 16.4 Å². The molecule has 0 aliphatic rings. The number of hydrogen-bond acceptors (Lipinski definition) is 8. The highest BCUT2D eigenvalue weighted by Gasteiger charge is 2.19. The summed E-state index contributed by atoms with van der Waals surface area (Å²) >= 11 is 10.1. The number of benzene rings is 2. The summed E-state index contributed by atoms with van der Waals surface area (Å²) in [5.74, 6) is -1.52. The van der Waals surface area contributed by atoms with E-state index < -0.39 is 22.7 Å². The maximum atomic E-state index is 12.0. The van der Waals surface area contributed by atoms with E-state index in [1.165, 1.54) is 18.3 Å². The van der Waals surface area contributed by atoms with Gasteiger partial charge in [0.2, 0.25) is 5.76 Å². The predicted octanol–water partition coefficient (Wildman–Crippen LogP) is 5.22. The number of nitrogens with one attached hydrogen (secondary N) is 1. The average molecular weight is 646 g/mol. The van der Waals surface area contributed by atoms with Gasteiger partial charge in [-0.15, -0.1) is 0 Å². The number of halogens is 3. The van der Waals surface area contributed by atoms with Crippen molar-refractivity contribution in [2.75, 3.05) is 6.61 Å². The number of amides is 1. The fourth-order valence-corrected chi connectivity index (χ4v) is 4.82. The van der Waals surface area contributed by atoms with Crippen molar-refractivity contribution in [2.24, 2.45) is 5.10 Å². The monoisotopic (exact) mass is 643 g/mol. The Balaban J connectivity index is 1.49. The minimum absolute atomic E-state index is 0.194. The Labute approximate surface area is 211 Å². The molecule has 0 spiro atoms. The molecule has 1 amide bonds. The summed E-state index contributed by atoms with van der Waals surface area (Å²) in [4.78, 5) is 33.8. The Bertz CT molecular complexity index is 1200. The summed E-state index contributed by atoms with van der Waals surface area (Å²) in [5.41, 5.74) is 2.96. The highest BCUT2D eigenvalue weighted by Crippen LogP contribution is 2.36. The third-order valence-corrected chi connectivity index (χ3v) is 5.41. The van der Waals surface area contributed by atoms with Gasteiger partial charge in [0.15, 0.2) is 6.61 Å². The smallest absolute Gasteiger partial charge is 0.433 e. The first kappa shape index (κ1) is 24.6. The second-order valence-corrected chi connectivity index (χ2v) is 8.76. The fraction of sp³-hybridized carbons (Fsp3) is 0.0500. The predicted molar refractivity (Wildman–Crippen MR) is 128 cm³/mol. The Morgan fingerprint density at radius 2 is 1.76 bits per heavy atom. The van der Waals surface area contributed by atoms with Crippen molar-refractivity contribution < 1.29 is 28.4 Å². The molecule has 13 heteroatoms. The van der Waals surface area contributed by atoms with Crippen molar-refractivity contribution in [3.05, 3.63) is 83.4 Å². The molecule has 0 radical (unpaired) electrons. The van der Waals surface area contributed by atoms with Gasteiger partial charge in [0.25, 0.3) is 5.91 Å². The average Bonchev–Trinajstić information content (AvgIpc) is 3.25. The fourth-order valence-electron chi connectivity index (χ4n) is 2.33. The molecule has 0 atom stereocenters. The van der Waals surface area contributed by atoms with Gasteiger partial charge in [-0.1, -0.05) is 15.9 Å². The first-order chi connectivity index (χ1) is 15.7. The van der Waals surface area contributed by atoms with E-state index in [4.69, 9.17) is 13.9 Å². The van der Waals surface area contributed by atoms with Crippen LogP contribution in [0.1, 0.15) is 16.1 Å². The maximum Gasteiger partial charge on any atom is 0.433 e. The van der Waals surface area contributed by atoms with Crippen LogP contribution in [0.25, 0.3) is 0 Å². The number of furan rings is 1. The number of carbonyl (C=O) groups excluding carboxylic acids is 2. The van der Waals surface area contributed by atoms with E-state index >= 15 is 0 Å². The highest BCUT2D eigenvalue weighted by atomic mass is 79.9. The highest BCUT2D eigenvalue weighted by molar-refractivity contribution is 9.11. The van der Waals surface area contributed by atoms with Crippen LogP contribution in [0.4, 0.5) is 5.88 Å². The van der Waals surface area contributed by atoms with E-state index in [1.54, 1.807) is 24.3 Å². The number of nitro groups is 1. The minimum atomic E-state index is -0.874. The van der Waals surface area contributed by atoms with Crippen LogP contribution in [0, 0.1) is 10.1 Å². The van der Waals surface area contributed by atoms with Crippen molar-refractivity contribution in [3.8, 4) is 11.5 Å². The van der Waals surface area contributed by atoms with Gasteiger partial charge in [-0.2, -0.15) is 5.10 Å². The molecule has 33 heavy (non-hydrogen) atoms. The lowest BCUT2D eigenvalue weighted by atomic mass is 10.2. The minimum Gasteiger partial charge on any atom is -0.481 e. The van der Waals surface area contributed by atoms with Gasteiger partial charge < -0.3 is 13.9 Å². The van der Waals surface area contributed by atoms with Crippen LogP contribution in [0.2, 0.25) is 0 Å². The number of esters is 1. The first-order valence-corrected chi connectivity index (χ1v) is 11.3. The number of ether oxygens (including phenoxy) is 2. The molecule has 0 unspecified atom stereocenters. The first-order valence-electron chi connectivity index (χ1n) is 8.88. The normalized spacial score (nSPS) is 10.8. The maximum absolute atomic E-state index is 12.0. The van der Waals surface area contributed by atoms with Gasteiger partial charge in [-0.3, -0.25) is 14.9 Å². The molecule has 0 fully saturated rings. The van der Waals surface area contributed by atoms with Crippen molar-refractivity contribution in [3.63, 3.8) is 0 Å². The van der Waals surface area contributed by atoms with Crippen LogP contribution in [0.15, 0.2) is 71.5 Å². The molecule has 1 aromatic heterocycles. The molecule has 1 N–H and O–H groups in total. The zero-order chi connectivity index (χ0) is 24.0. The molecule has 0 bridgehead atoms. The van der Waals surface area contributed by atoms with E-state index in [1.807, 2.05) is 0 Å². The van der Waals surface area contributed by atoms with Gasteiger partial charge in [-0.05, 0) is 79.9 Å². The largest absolute Gasteiger partial charge is 0.481 e. The molecule has 3 aromatic rings. The lowest BCUT2D eigenvalue weighted by Gasteiger charge is -2.09. The van der Waals surface area contributed by atoms with Crippen LogP contribution in [-0.2, 0) is 4.79 Å². The van der Waals surface area contributed by atoms with Crippen LogP contribution < -0.4 is 14.9 Å². The second-order valence-electron chi connectivity index (χ2n) is 6.13. The summed E-state index contributed by atoms with van der Waals surface area (Å²) in [6.45, 7) is -0.254. The molecule has 3 rings (SSSR count). The third kappa shape index (κ3) is 6.97. The van der Waals surface area contributed by atoms with Gasteiger partial charge >= 0.3 is 11.9 Å². The van der Waals surface area contributed by atoms with Crippen LogP contribution in [0.5, 0.6) is 11.5 Å². The van der Waals surface area contributed by atoms with Gasteiger partial charge in [-0.25, -0.2) is 10.2 Å². The second kappa shape index (κ2) is 11.2. The van der Waals surface area contributed by atoms with E-state index in [0.29, 0.717) is 20.3 Å². The molecular weight excluding hydrogens is 634 g/mol. The summed E-state index contributed by atoms with van der Waals surface area (Å²) in [7, 11) is 0. The van der Waals surface area contributed by atoms with Crippen molar-refractivity contribution in [1.82, 2.24) is 5.43 Å². The zero-order valence-electron chi connectivity index (χ0n) is 16.3. The summed E-state index contributed by atoms with van der Waals surface area (Å²) in [5, 5.41) is 14.5. The molecule has 0 saturated heterocycles. The van der Waals surface area contributed by atoms with Gasteiger partial charge in [0, 0.05) is 4.47 Å². The molecule has 2 aromatic carbocycles. The summed E-state index contributed by atoms with van der Waals surface area (Å²) < 4.78 is 17.6. The number of hydrogen-bond donors (Lipinski definition) is 1. The zero-order valence-corrected chi connectivity index (χ0v) is 21.0. The third-order valence-electron chi connectivity index (χ3n) is 3.78. The number of rotatable bonds is 8. The number of carbonyl (C=O) groups is 2. The van der Waals surface area contributed by atoms with Gasteiger partial charge in [0.05, 0.1) is 21.2 Å². The summed E-state index contributed by atoms with van der Waals surface area (Å²) in [6.07, 6.45) is 1.39. The number of nitrogens with zero attached hydrogens (tertiary/aromatic N) is 2. The Morgan fingerprint density at radius 1 is 1.09 bits per heavy atom. The van der Waals surface area contributed by atoms with Crippen molar-refractivity contribution in [2.45, 2.75) is 0 Å². The van der Waals surface area contributed by atoms with Crippen LogP contribution in [-0.4, -0.2) is 29.6 Å². The lowest BCUT2D eigenvalue weighted by Crippen LogP contribution is -2.24. The van der Waals surface area contributed by atoms with Crippen LogP contribution >= 0.6 is 47.8 Å². The molecule has 0 saturated carbocycles. The van der Waals surface area contributed by atoms with E-state index in [2.05, 4.69) is 58.3 Å². The quantitative estimate of drug-likeness (QED) is 0.117. The van der Waals surface area contributed by atoms with Crippen LogP contribution in [0.3, 0.4) is 0 Å². The van der Waals surface area contributed by atoms with E-state index in [-0.39, 0.29) is 18.1 Å². The van der Waals surface area contributed by atoms with E-state index in [0.717, 1.165) is 16.6 Å². The SMILES string of the molecule is O=C(COc1c(Br)cc(Br)cc1Br)N/N=C/c1ccc(OC(=O)c2ccc([N+](=O)[O-])o2)cc1. The molecule has 0 aliphatic carbocycles. The Hall–Kier alpha value is -3.03. The Morgan fingerprint density at radius 3 is 2.36 bits per heavy atom. The summed E-state index contributed by atoms with van der Waals surface area (Å²) in [6, 6.07) is 12.0. The molecule has 0 aliphatic heterocycles.